The minimum atomic E-state index is 0.842. The molecule has 0 aliphatic rings. The first kappa shape index (κ1) is 11.8. The van der Waals surface area contributed by atoms with E-state index in [1.807, 2.05) is 11.6 Å². The normalized spacial score (nSPS) is 10.8. The van der Waals surface area contributed by atoms with E-state index in [1.54, 1.807) is 0 Å². The standard InChI is InChI=1S/C14H19N3/c1-5-6-14-15-12(4)16-17(14)13-9-10(2)7-8-11(13)3/h7-9H,5-6H2,1-4H3. The Morgan fingerprint density at radius 2 is 1.94 bits per heavy atom. The molecule has 2 aromatic rings. The molecule has 0 bridgehead atoms. The highest BCUT2D eigenvalue weighted by molar-refractivity contribution is 5.42. The van der Waals surface area contributed by atoms with Crippen molar-refractivity contribution in [2.45, 2.75) is 40.5 Å². The minimum Gasteiger partial charge on any atom is -0.217 e. The fourth-order valence-electron chi connectivity index (χ4n) is 1.98. The van der Waals surface area contributed by atoms with Gasteiger partial charge in [-0.3, -0.25) is 0 Å². The van der Waals surface area contributed by atoms with Crippen molar-refractivity contribution in [2.75, 3.05) is 0 Å². The maximum absolute atomic E-state index is 4.51. The molecule has 0 saturated heterocycles. The zero-order valence-electron chi connectivity index (χ0n) is 11.0. The lowest BCUT2D eigenvalue weighted by atomic mass is 10.1. The van der Waals surface area contributed by atoms with Crippen molar-refractivity contribution >= 4 is 0 Å². The third kappa shape index (κ3) is 2.38. The van der Waals surface area contributed by atoms with Gasteiger partial charge in [-0.2, -0.15) is 5.10 Å². The summed E-state index contributed by atoms with van der Waals surface area (Å²) in [7, 11) is 0. The number of rotatable bonds is 3. The largest absolute Gasteiger partial charge is 0.217 e. The number of aryl methyl sites for hydroxylation is 4. The fourth-order valence-corrected chi connectivity index (χ4v) is 1.98. The van der Waals surface area contributed by atoms with Gasteiger partial charge in [-0.05, 0) is 44.4 Å². The summed E-state index contributed by atoms with van der Waals surface area (Å²) in [5, 5.41) is 4.51. The number of aromatic nitrogens is 3. The molecule has 17 heavy (non-hydrogen) atoms. The maximum Gasteiger partial charge on any atom is 0.148 e. The van der Waals surface area contributed by atoms with Crippen LogP contribution < -0.4 is 0 Å². The number of nitrogens with zero attached hydrogens (tertiary/aromatic N) is 3. The first-order valence-electron chi connectivity index (χ1n) is 6.12. The highest BCUT2D eigenvalue weighted by Gasteiger charge is 2.10. The molecule has 0 atom stereocenters. The van der Waals surface area contributed by atoms with E-state index in [0.717, 1.165) is 30.2 Å². The molecule has 0 spiro atoms. The van der Waals surface area contributed by atoms with Crippen molar-refractivity contribution in [3.8, 4) is 5.69 Å². The van der Waals surface area contributed by atoms with Gasteiger partial charge in [0, 0.05) is 6.42 Å². The summed E-state index contributed by atoms with van der Waals surface area (Å²) < 4.78 is 1.99. The molecule has 0 aliphatic heterocycles. The summed E-state index contributed by atoms with van der Waals surface area (Å²) in [5.41, 5.74) is 3.63. The lowest BCUT2D eigenvalue weighted by Gasteiger charge is -2.09. The van der Waals surface area contributed by atoms with E-state index in [4.69, 9.17) is 0 Å². The Labute approximate surface area is 103 Å². The van der Waals surface area contributed by atoms with Gasteiger partial charge in [0.2, 0.25) is 0 Å². The smallest absolute Gasteiger partial charge is 0.148 e. The van der Waals surface area contributed by atoms with Gasteiger partial charge in [0.05, 0.1) is 5.69 Å². The first-order valence-corrected chi connectivity index (χ1v) is 6.12. The summed E-state index contributed by atoms with van der Waals surface area (Å²) >= 11 is 0. The van der Waals surface area contributed by atoms with Crippen LogP contribution >= 0.6 is 0 Å². The zero-order chi connectivity index (χ0) is 12.4. The summed E-state index contributed by atoms with van der Waals surface area (Å²) in [6.07, 6.45) is 2.05. The summed E-state index contributed by atoms with van der Waals surface area (Å²) in [6, 6.07) is 6.43. The van der Waals surface area contributed by atoms with E-state index in [2.05, 4.69) is 49.1 Å². The molecule has 1 heterocycles. The Morgan fingerprint density at radius 3 is 2.65 bits per heavy atom. The third-order valence-corrected chi connectivity index (χ3v) is 2.85. The molecular weight excluding hydrogens is 210 g/mol. The molecule has 0 amide bonds. The predicted molar refractivity (Wildman–Crippen MR) is 69.6 cm³/mol. The Balaban J connectivity index is 2.55. The number of hydrogen-bond donors (Lipinski definition) is 0. The Kier molecular flexibility index (Phi) is 3.27. The van der Waals surface area contributed by atoms with Crippen LogP contribution in [-0.4, -0.2) is 14.8 Å². The third-order valence-electron chi connectivity index (χ3n) is 2.85. The first-order chi connectivity index (χ1) is 8.11. The summed E-state index contributed by atoms with van der Waals surface area (Å²) in [5.74, 6) is 1.90. The van der Waals surface area contributed by atoms with Crippen molar-refractivity contribution in [1.82, 2.24) is 14.8 Å². The van der Waals surface area contributed by atoms with E-state index in [9.17, 15) is 0 Å². The van der Waals surface area contributed by atoms with E-state index < -0.39 is 0 Å². The monoisotopic (exact) mass is 229 g/mol. The van der Waals surface area contributed by atoms with Crippen molar-refractivity contribution in [1.29, 1.82) is 0 Å². The zero-order valence-corrected chi connectivity index (χ0v) is 11.0. The van der Waals surface area contributed by atoms with Gasteiger partial charge in [-0.1, -0.05) is 19.1 Å². The van der Waals surface area contributed by atoms with Gasteiger partial charge in [0.25, 0.3) is 0 Å². The lowest BCUT2D eigenvalue weighted by molar-refractivity contribution is 0.753. The van der Waals surface area contributed by atoms with Gasteiger partial charge in [0.1, 0.15) is 11.6 Å². The molecule has 0 saturated carbocycles. The fraction of sp³-hybridized carbons (Fsp3) is 0.429. The van der Waals surface area contributed by atoms with Gasteiger partial charge < -0.3 is 0 Å². The molecular formula is C14H19N3. The molecule has 0 aliphatic carbocycles. The van der Waals surface area contributed by atoms with Crippen molar-refractivity contribution in [2.24, 2.45) is 0 Å². The summed E-state index contributed by atoms with van der Waals surface area (Å²) in [6.45, 7) is 8.33. The van der Waals surface area contributed by atoms with Crippen LogP contribution in [0.2, 0.25) is 0 Å². The van der Waals surface area contributed by atoms with Gasteiger partial charge in [-0.25, -0.2) is 9.67 Å². The maximum atomic E-state index is 4.51. The molecule has 1 aromatic heterocycles. The average Bonchev–Trinajstić information content (AvgIpc) is 2.64. The second-order valence-corrected chi connectivity index (χ2v) is 4.53. The second-order valence-electron chi connectivity index (χ2n) is 4.53. The van der Waals surface area contributed by atoms with Crippen LogP contribution in [0, 0.1) is 20.8 Å². The molecule has 0 N–H and O–H groups in total. The highest BCUT2D eigenvalue weighted by Crippen LogP contribution is 2.17. The van der Waals surface area contributed by atoms with Crippen LogP contribution in [0.1, 0.15) is 36.1 Å². The van der Waals surface area contributed by atoms with Crippen LogP contribution in [0.15, 0.2) is 18.2 Å². The van der Waals surface area contributed by atoms with Crippen LogP contribution in [0.4, 0.5) is 0 Å². The van der Waals surface area contributed by atoms with Crippen molar-refractivity contribution in [3.63, 3.8) is 0 Å². The predicted octanol–water partition coefficient (Wildman–Crippen LogP) is 3.15. The van der Waals surface area contributed by atoms with Crippen molar-refractivity contribution in [3.05, 3.63) is 41.0 Å². The second kappa shape index (κ2) is 4.70. The van der Waals surface area contributed by atoms with Gasteiger partial charge in [-0.15, -0.1) is 0 Å². The SMILES string of the molecule is CCCc1nc(C)nn1-c1cc(C)ccc1C. The molecule has 3 nitrogen and oxygen atoms in total. The van der Waals surface area contributed by atoms with Crippen molar-refractivity contribution < 1.29 is 0 Å². The molecule has 0 unspecified atom stereocenters. The molecule has 3 heteroatoms. The van der Waals surface area contributed by atoms with Crippen LogP contribution in [0.25, 0.3) is 5.69 Å². The molecule has 1 aromatic carbocycles. The van der Waals surface area contributed by atoms with Crippen LogP contribution in [0.5, 0.6) is 0 Å². The topological polar surface area (TPSA) is 30.7 Å². The van der Waals surface area contributed by atoms with Gasteiger partial charge >= 0.3 is 0 Å². The quantitative estimate of drug-likeness (QED) is 0.809. The van der Waals surface area contributed by atoms with Crippen LogP contribution in [0.3, 0.4) is 0 Å². The number of hydrogen-bond acceptors (Lipinski definition) is 2. The van der Waals surface area contributed by atoms with Gasteiger partial charge in [0.15, 0.2) is 0 Å². The average molecular weight is 229 g/mol. The number of benzene rings is 1. The Bertz CT molecular complexity index is 526. The summed E-state index contributed by atoms with van der Waals surface area (Å²) in [4.78, 5) is 4.50. The van der Waals surface area contributed by atoms with E-state index in [1.165, 1.54) is 11.1 Å². The molecule has 0 radical (unpaired) electrons. The Hall–Kier alpha value is -1.64. The molecule has 2 rings (SSSR count). The minimum absolute atomic E-state index is 0.842. The Morgan fingerprint density at radius 1 is 1.18 bits per heavy atom. The van der Waals surface area contributed by atoms with Crippen LogP contribution in [-0.2, 0) is 6.42 Å². The molecule has 90 valence electrons. The van der Waals surface area contributed by atoms with E-state index in [0.29, 0.717) is 0 Å². The van der Waals surface area contributed by atoms with E-state index >= 15 is 0 Å². The molecule has 0 fully saturated rings. The highest BCUT2D eigenvalue weighted by atomic mass is 15.3. The van der Waals surface area contributed by atoms with E-state index in [-0.39, 0.29) is 0 Å². The lowest BCUT2D eigenvalue weighted by Crippen LogP contribution is -2.05.